The van der Waals surface area contributed by atoms with Crippen LogP contribution in [0.3, 0.4) is 0 Å². The maximum Gasteiger partial charge on any atom is 0.472 e. The first-order chi connectivity index (χ1) is 39.9. The van der Waals surface area contributed by atoms with Crippen LogP contribution in [0.25, 0.3) is 0 Å². The van der Waals surface area contributed by atoms with Crippen molar-refractivity contribution in [3.8, 4) is 0 Å². The van der Waals surface area contributed by atoms with Crippen LogP contribution in [0.5, 0.6) is 0 Å². The topological polar surface area (TPSA) is 111 Å². The average molecular weight is 1170 g/mol. The summed E-state index contributed by atoms with van der Waals surface area (Å²) >= 11 is 0. The Morgan fingerprint density at radius 1 is 0.439 bits per heavy atom. The number of hydrogen-bond donors (Lipinski definition) is 2. The molecule has 0 radical (unpaired) electrons. The Morgan fingerprint density at radius 3 is 1.18 bits per heavy atom. The first-order valence-electron chi connectivity index (χ1n) is 34.1. The molecule has 2 N–H and O–H groups in total. The van der Waals surface area contributed by atoms with Crippen molar-refractivity contribution in [3.05, 3.63) is 97.2 Å². The molecule has 0 fully saturated rings. The van der Waals surface area contributed by atoms with Crippen LogP contribution in [-0.4, -0.2) is 74.3 Å². The van der Waals surface area contributed by atoms with Gasteiger partial charge in [-0.05, 0) is 109 Å². The lowest BCUT2D eigenvalue weighted by Gasteiger charge is -2.27. The van der Waals surface area contributed by atoms with Crippen LogP contribution in [0, 0.1) is 0 Å². The minimum absolute atomic E-state index is 0.0330. The third kappa shape index (κ3) is 61.5. The summed E-state index contributed by atoms with van der Waals surface area (Å²) in [5, 5.41) is 3.06. The van der Waals surface area contributed by atoms with Crippen LogP contribution in [0.4, 0.5) is 0 Å². The highest BCUT2D eigenvalue weighted by atomic mass is 31.2. The third-order valence-electron chi connectivity index (χ3n) is 14.8. The minimum atomic E-state index is -4.46. The van der Waals surface area contributed by atoms with E-state index in [1.807, 2.05) is 33.3 Å². The van der Waals surface area contributed by atoms with Crippen LogP contribution in [0.15, 0.2) is 97.2 Å². The number of phosphoric acid groups is 1. The number of nitrogens with zero attached hydrogens (tertiary/aromatic N) is 1. The van der Waals surface area contributed by atoms with E-state index >= 15 is 0 Å². The summed E-state index contributed by atoms with van der Waals surface area (Å²) in [6.07, 6.45) is 82.6. The van der Waals surface area contributed by atoms with Gasteiger partial charge in [-0.1, -0.05) is 272 Å². The number of allylic oxidation sites excluding steroid dienone is 15. The van der Waals surface area contributed by atoms with Gasteiger partial charge < -0.3 is 19.4 Å². The molecule has 10 heteroatoms. The Kier molecular flexibility index (Phi) is 58.7. The predicted octanol–water partition coefficient (Wildman–Crippen LogP) is 21.5. The Labute approximate surface area is 507 Å². The number of carbonyl (C=O) groups is 2. The first-order valence-corrected chi connectivity index (χ1v) is 35.6. The number of unbranched alkanes of at least 4 members (excludes halogenated alkanes) is 31. The number of rotatable bonds is 61. The van der Waals surface area contributed by atoms with Crippen molar-refractivity contribution in [3.63, 3.8) is 0 Å². The first kappa shape index (κ1) is 78.9. The number of amides is 1. The van der Waals surface area contributed by atoms with Crippen LogP contribution >= 0.6 is 7.82 Å². The molecule has 0 rings (SSSR count). The van der Waals surface area contributed by atoms with Gasteiger partial charge in [-0.3, -0.25) is 18.6 Å². The summed E-state index contributed by atoms with van der Waals surface area (Å²) in [7, 11) is 1.48. The Hall–Kier alpha value is -3.07. The van der Waals surface area contributed by atoms with Gasteiger partial charge >= 0.3 is 13.8 Å². The molecular weight excluding hydrogens is 1040 g/mol. The fourth-order valence-electron chi connectivity index (χ4n) is 9.53. The Balaban J connectivity index is 5.17. The lowest BCUT2D eigenvalue weighted by molar-refractivity contribution is -0.870. The molecule has 0 bridgehead atoms. The van der Waals surface area contributed by atoms with E-state index in [0.717, 1.165) is 122 Å². The number of esters is 1. The van der Waals surface area contributed by atoms with Gasteiger partial charge in [0.1, 0.15) is 19.3 Å². The van der Waals surface area contributed by atoms with Crippen molar-refractivity contribution in [2.24, 2.45) is 0 Å². The molecule has 474 valence electrons. The SMILES string of the molecule is CC/C=C\C/C=C\C/C=C\C/C=C\C/C=C\C/C=C\CCCCCCCCC(=O)NC(COP(=O)(O)OCC[N+](C)(C)C)C(/C=C\CCCCCCCCCCCC)OC(=O)CCCCCCCCCCC/C=C/CCCCCCCC. The molecule has 0 aliphatic heterocycles. The summed E-state index contributed by atoms with van der Waals surface area (Å²) in [5.74, 6) is -0.522. The molecule has 0 saturated heterocycles. The standard InChI is InChI=1S/C72H129N2O7P/c1-7-10-13-16-19-22-25-28-30-32-34-35-36-37-38-39-41-42-44-46-49-52-55-58-61-64-71(75)73-69(68-80-82(77,78)79-67-66-74(4,5)6)70(63-60-57-54-51-48-27-24-21-18-15-12-9-3)81-72(76)65-62-59-56-53-50-47-45-43-40-33-31-29-26-23-20-17-14-11-8-2/h10,13,19,22,28-31,34-35,37-38,41-42,60,63,69-70H,7-9,11-12,14-18,20-21,23-27,32-33,36,39-40,43-59,61-62,64-68H2,1-6H3,(H-,73,75,77,78)/p+1/b13-10-,22-19-,30-28-,31-29+,35-34-,38-37-,42-41-,63-60-. The van der Waals surface area contributed by atoms with Gasteiger partial charge in [0.05, 0.1) is 33.8 Å². The molecule has 0 saturated carbocycles. The zero-order chi connectivity index (χ0) is 60.0. The molecule has 3 atom stereocenters. The highest BCUT2D eigenvalue weighted by Gasteiger charge is 2.30. The maximum atomic E-state index is 13.6. The molecule has 9 nitrogen and oxygen atoms in total. The van der Waals surface area contributed by atoms with E-state index < -0.39 is 20.0 Å². The summed E-state index contributed by atoms with van der Waals surface area (Å²) in [6.45, 7) is 6.89. The quantitative estimate of drug-likeness (QED) is 0.0205. The van der Waals surface area contributed by atoms with Crippen molar-refractivity contribution >= 4 is 19.7 Å². The second kappa shape index (κ2) is 61.0. The summed E-state index contributed by atoms with van der Waals surface area (Å²) in [4.78, 5) is 37.8. The summed E-state index contributed by atoms with van der Waals surface area (Å²) < 4.78 is 30.8. The monoisotopic (exact) mass is 1170 g/mol. The van der Waals surface area contributed by atoms with Crippen molar-refractivity contribution in [2.75, 3.05) is 40.9 Å². The van der Waals surface area contributed by atoms with E-state index in [9.17, 15) is 19.0 Å². The zero-order valence-corrected chi connectivity index (χ0v) is 55.1. The number of likely N-dealkylation sites (N-methyl/N-ethyl adjacent to an activating group) is 1. The molecule has 3 unspecified atom stereocenters. The van der Waals surface area contributed by atoms with Gasteiger partial charge in [0.25, 0.3) is 0 Å². The average Bonchev–Trinajstić information content (AvgIpc) is 3.44. The van der Waals surface area contributed by atoms with Gasteiger partial charge in [-0.2, -0.15) is 0 Å². The van der Waals surface area contributed by atoms with E-state index in [4.69, 9.17) is 13.8 Å². The van der Waals surface area contributed by atoms with Gasteiger partial charge in [0.15, 0.2) is 0 Å². The molecule has 0 aromatic carbocycles. The number of ether oxygens (including phenoxy) is 1. The Bertz CT molecular complexity index is 1720. The molecule has 1 amide bonds. The molecule has 0 heterocycles. The lowest BCUT2D eigenvalue weighted by Crippen LogP contribution is -2.47. The van der Waals surface area contributed by atoms with Crippen molar-refractivity contribution in [1.29, 1.82) is 0 Å². The normalized spacial score (nSPS) is 14.2. The zero-order valence-electron chi connectivity index (χ0n) is 54.2. The molecule has 0 aliphatic carbocycles. The van der Waals surface area contributed by atoms with E-state index in [1.165, 1.54) is 141 Å². The van der Waals surface area contributed by atoms with Crippen LogP contribution < -0.4 is 5.32 Å². The Morgan fingerprint density at radius 2 is 0.780 bits per heavy atom. The number of phosphoric ester groups is 1. The van der Waals surface area contributed by atoms with Crippen molar-refractivity contribution in [1.82, 2.24) is 5.32 Å². The van der Waals surface area contributed by atoms with Crippen LogP contribution in [0.1, 0.15) is 297 Å². The molecular formula is C72H130N2O7P+. The third-order valence-corrected chi connectivity index (χ3v) is 15.7. The predicted molar refractivity (Wildman–Crippen MR) is 355 cm³/mol. The summed E-state index contributed by atoms with van der Waals surface area (Å²) in [6, 6.07) is -0.863. The van der Waals surface area contributed by atoms with Crippen molar-refractivity contribution < 1.29 is 37.3 Å². The highest BCUT2D eigenvalue weighted by Crippen LogP contribution is 2.43. The molecule has 0 aromatic rings. The number of quaternary nitrogens is 1. The van der Waals surface area contributed by atoms with E-state index in [0.29, 0.717) is 17.4 Å². The van der Waals surface area contributed by atoms with E-state index in [-0.39, 0.29) is 31.5 Å². The summed E-state index contributed by atoms with van der Waals surface area (Å²) in [5.41, 5.74) is 0. The molecule has 0 spiro atoms. The van der Waals surface area contributed by atoms with Crippen molar-refractivity contribution in [2.45, 2.75) is 309 Å². The number of carbonyl (C=O) groups excluding carboxylic acids is 2. The second-order valence-corrected chi connectivity index (χ2v) is 25.4. The fraction of sp³-hybridized carbons (Fsp3) is 0.750. The molecule has 0 aliphatic rings. The molecule has 82 heavy (non-hydrogen) atoms. The van der Waals surface area contributed by atoms with Gasteiger partial charge in [-0.15, -0.1) is 0 Å². The van der Waals surface area contributed by atoms with Crippen LogP contribution in [-0.2, 0) is 27.9 Å². The maximum absolute atomic E-state index is 13.6. The lowest BCUT2D eigenvalue weighted by atomic mass is 10.0. The van der Waals surface area contributed by atoms with Gasteiger partial charge in [0, 0.05) is 12.8 Å². The highest BCUT2D eigenvalue weighted by molar-refractivity contribution is 7.47. The molecule has 0 aromatic heterocycles. The largest absolute Gasteiger partial charge is 0.472 e. The van der Waals surface area contributed by atoms with E-state index in [1.54, 1.807) is 0 Å². The fourth-order valence-corrected chi connectivity index (χ4v) is 10.3. The van der Waals surface area contributed by atoms with Gasteiger partial charge in [-0.25, -0.2) is 4.57 Å². The van der Waals surface area contributed by atoms with E-state index in [2.05, 4.69) is 111 Å². The second-order valence-electron chi connectivity index (χ2n) is 24.0. The smallest absolute Gasteiger partial charge is 0.456 e. The minimum Gasteiger partial charge on any atom is -0.456 e. The number of hydrogen-bond acceptors (Lipinski definition) is 6. The number of nitrogens with one attached hydrogen (secondary N) is 1. The van der Waals surface area contributed by atoms with Crippen LogP contribution in [0.2, 0.25) is 0 Å². The van der Waals surface area contributed by atoms with Gasteiger partial charge in [0.2, 0.25) is 5.91 Å².